The highest BCUT2D eigenvalue weighted by molar-refractivity contribution is 5.97. The molecule has 0 fully saturated rings. The predicted molar refractivity (Wildman–Crippen MR) is 156 cm³/mol. The van der Waals surface area contributed by atoms with Gasteiger partial charge in [-0.05, 0) is 60.4 Å². The molecule has 39 heavy (non-hydrogen) atoms. The van der Waals surface area contributed by atoms with Crippen molar-refractivity contribution in [1.29, 1.82) is 0 Å². The van der Waals surface area contributed by atoms with E-state index in [9.17, 15) is 4.79 Å². The Morgan fingerprint density at radius 2 is 1.44 bits per heavy atom. The van der Waals surface area contributed by atoms with Crippen LogP contribution in [0.1, 0.15) is 54.7 Å². The number of hydrogen-bond donors (Lipinski definition) is 1. The lowest BCUT2D eigenvalue weighted by Gasteiger charge is -2.38. The Morgan fingerprint density at radius 1 is 0.718 bits per heavy atom. The van der Waals surface area contributed by atoms with Crippen molar-refractivity contribution in [3.8, 4) is 11.5 Å². The van der Waals surface area contributed by atoms with Gasteiger partial charge in [0.15, 0.2) is 5.60 Å². The molecule has 0 saturated heterocycles. The molecule has 1 unspecified atom stereocenters. The van der Waals surface area contributed by atoms with Crippen LogP contribution in [0.25, 0.3) is 0 Å². The smallest absolute Gasteiger partial charge is 0.340 e. The summed E-state index contributed by atoms with van der Waals surface area (Å²) < 4.78 is 13.0. The van der Waals surface area contributed by atoms with Crippen LogP contribution in [0.5, 0.6) is 11.5 Å². The number of para-hydroxylation sites is 1. The molecular formula is C34H34N2O3. The first kappa shape index (κ1) is 25.1. The van der Waals surface area contributed by atoms with E-state index in [1.54, 1.807) is 0 Å². The second-order valence-corrected chi connectivity index (χ2v) is 11.3. The normalized spacial score (nSPS) is 16.9. The van der Waals surface area contributed by atoms with Crippen LogP contribution in [0.4, 0.5) is 17.1 Å². The second-order valence-electron chi connectivity index (χ2n) is 11.3. The van der Waals surface area contributed by atoms with Crippen LogP contribution in [0.3, 0.4) is 0 Å². The molecule has 0 amide bonds. The van der Waals surface area contributed by atoms with Gasteiger partial charge in [0, 0.05) is 52.9 Å². The number of rotatable bonds is 7. The highest BCUT2D eigenvalue weighted by Crippen LogP contribution is 2.57. The fourth-order valence-electron chi connectivity index (χ4n) is 5.79. The zero-order chi connectivity index (χ0) is 27.1. The van der Waals surface area contributed by atoms with E-state index in [4.69, 9.17) is 9.47 Å². The molecule has 0 aliphatic carbocycles. The van der Waals surface area contributed by atoms with E-state index >= 15 is 0 Å². The van der Waals surface area contributed by atoms with E-state index in [-0.39, 0.29) is 5.97 Å². The minimum atomic E-state index is -1.09. The van der Waals surface area contributed by atoms with Gasteiger partial charge in [-0.25, -0.2) is 4.79 Å². The van der Waals surface area contributed by atoms with Crippen LogP contribution < -0.4 is 15.0 Å². The highest BCUT2D eigenvalue weighted by Gasteiger charge is 2.53. The maximum Gasteiger partial charge on any atom is 0.340 e. The Bertz CT molecular complexity index is 1520. The van der Waals surface area contributed by atoms with Crippen molar-refractivity contribution in [2.45, 2.75) is 33.3 Å². The zero-order valence-electron chi connectivity index (χ0n) is 22.9. The first-order valence-corrected chi connectivity index (χ1v) is 13.7. The Hall–Kier alpha value is -4.25. The Labute approximate surface area is 230 Å². The Morgan fingerprint density at radius 3 is 2.18 bits per heavy atom. The number of esters is 1. The fourth-order valence-corrected chi connectivity index (χ4v) is 5.79. The molecule has 1 atom stereocenters. The molecule has 198 valence electrons. The van der Waals surface area contributed by atoms with Crippen LogP contribution in [-0.4, -0.2) is 19.1 Å². The van der Waals surface area contributed by atoms with Crippen LogP contribution in [0.15, 0.2) is 91.0 Å². The molecule has 2 heterocycles. The molecule has 6 rings (SSSR count). The van der Waals surface area contributed by atoms with Crippen LogP contribution in [0.2, 0.25) is 0 Å². The van der Waals surface area contributed by atoms with Crippen molar-refractivity contribution in [2.24, 2.45) is 11.8 Å². The fraction of sp³-hybridized carbons (Fsp3) is 0.265. The monoisotopic (exact) mass is 518 g/mol. The van der Waals surface area contributed by atoms with Crippen molar-refractivity contribution in [1.82, 2.24) is 0 Å². The van der Waals surface area contributed by atoms with Crippen molar-refractivity contribution < 1.29 is 14.3 Å². The third kappa shape index (κ3) is 4.42. The molecule has 4 aromatic carbocycles. The van der Waals surface area contributed by atoms with E-state index in [2.05, 4.69) is 56.1 Å². The molecule has 4 aromatic rings. The van der Waals surface area contributed by atoms with Crippen molar-refractivity contribution in [3.63, 3.8) is 0 Å². The van der Waals surface area contributed by atoms with E-state index in [0.717, 1.165) is 46.8 Å². The topological polar surface area (TPSA) is 50.8 Å². The van der Waals surface area contributed by atoms with Gasteiger partial charge in [0.05, 0.1) is 5.56 Å². The highest BCUT2D eigenvalue weighted by atomic mass is 16.6. The molecule has 0 bridgehead atoms. The molecular weight excluding hydrogens is 484 g/mol. The zero-order valence-corrected chi connectivity index (χ0v) is 22.9. The summed E-state index contributed by atoms with van der Waals surface area (Å²) in [6.07, 6.45) is 0. The van der Waals surface area contributed by atoms with Gasteiger partial charge >= 0.3 is 5.97 Å². The minimum absolute atomic E-state index is 0.323. The van der Waals surface area contributed by atoms with Gasteiger partial charge in [-0.3, -0.25) is 0 Å². The maximum atomic E-state index is 13.3. The average molecular weight is 519 g/mol. The number of anilines is 3. The SMILES string of the molecule is CC(C)CN(CC(C)C)c1ccc2c(c1)Oc1ccc(Nc3ccccc3)cc1C21OC(=O)c2ccccc21. The first-order valence-electron chi connectivity index (χ1n) is 13.7. The van der Waals surface area contributed by atoms with E-state index in [1.165, 1.54) is 0 Å². The number of ether oxygens (including phenoxy) is 2. The van der Waals surface area contributed by atoms with Crippen molar-refractivity contribution >= 4 is 23.0 Å². The summed E-state index contributed by atoms with van der Waals surface area (Å²) in [5, 5.41) is 3.48. The number of nitrogens with one attached hydrogen (secondary N) is 1. The van der Waals surface area contributed by atoms with Crippen molar-refractivity contribution in [2.75, 3.05) is 23.3 Å². The summed E-state index contributed by atoms with van der Waals surface area (Å²) in [5.41, 5.74) is 4.95. The molecule has 0 aromatic heterocycles. The number of fused-ring (bicyclic) bond motifs is 6. The third-order valence-corrected chi connectivity index (χ3v) is 7.29. The van der Waals surface area contributed by atoms with Crippen LogP contribution in [-0.2, 0) is 10.3 Å². The maximum absolute atomic E-state index is 13.3. The minimum Gasteiger partial charge on any atom is -0.456 e. The third-order valence-electron chi connectivity index (χ3n) is 7.29. The lowest BCUT2D eigenvalue weighted by molar-refractivity contribution is 0.0224. The van der Waals surface area contributed by atoms with Gasteiger partial charge in [0.1, 0.15) is 11.5 Å². The molecule has 2 aliphatic heterocycles. The van der Waals surface area contributed by atoms with Gasteiger partial charge in [-0.15, -0.1) is 0 Å². The molecule has 2 aliphatic rings. The lowest BCUT2D eigenvalue weighted by Crippen LogP contribution is -2.34. The molecule has 1 N–H and O–H groups in total. The van der Waals surface area contributed by atoms with Crippen molar-refractivity contribution in [3.05, 3.63) is 113 Å². The summed E-state index contributed by atoms with van der Waals surface area (Å²) in [6, 6.07) is 30.0. The van der Waals surface area contributed by atoms with Crippen LogP contribution >= 0.6 is 0 Å². The summed E-state index contributed by atoms with van der Waals surface area (Å²) >= 11 is 0. The molecule has 5 nitrogen and oxygen atoms in total. The summed E-state index contributed by atoms with van der Waals surface area (Å²) in [4.78, 5) is 15.7. The van der Waals surface area contributed by atoms with Crippen LogP contribution in [0, 0.1) is 11.8 Å². The standard InChI is InChI=1S/C34H34N2O3/c1-22(2)20-36(21-23(3)4)26-15-16-29-32(19-26)38-31-17-14-25(35-24-10-6-5-7-11-24)18-30(31)34(29)28-13-9-8-12-27(28)33(37)39-34/h5-19,22-23,35H,20-21H2,1-4H3. The first-order chi connectivity index (χ1) is 18.8. The number of carbonyl (C=O) groups is 1. The van der Waals surface area contributed by atoms with Gasteiger partial charge in [-0.2, -0.15) is 0 Å². The Kier molecular flexibility index (Phi) is 6.30. The largest absolute Gasteiger partial charge is 0.456 e. The quantitative estimate of drug-likeness (QED) is 0.250. The summed E-state index contributed by atoms with van der Waals surface area (Å²) in [5.74, 6) is 2.11. The van der Waals surface area contributed by atoms with E-state index in [1.807, 2.05) is 72.8 Å². The number of benzene rings is 4. The van der Waals surface area contributed by atoms with E-state index < -0.39 is 5.60 Å². The Balaban J connectivity index is 1.51. The second kappa shape index (κ2) is 9.81. The number of carbonyl (C=O) groups excluding carboxylic acids is 1. The van der Waals surface area contributed by atoms with E-state index in [0.29, 0.717) is 28.9 Å². The number of hydrogen-bond acceptors (Lipinski definition) is 5. The molecule has 0 radical (unpaired) electrons. The van der Waals surface area contributed by atoms with Gasteiger partial charge in [-0.1, -0.05) is 64.1 Å². The predicted octanol–water partition coefficient (Wildman–Crippen LogP) is 8.12. The average Bonchev–Trinajstić information content (AvgIpc) is 3.21. The van der Waals surface area contributed by atoms with Gasteiger partial charge in [0.2, 0.25) is 0 Å². The van der Waals surface area contributed by atoms with Gasteiger partial charge in [0.25, 0.3) is 0 Å². The lowest BCUT2D eigenvalue weighted by atomic mass is 9.77. The van der Waals surface area contributed by atoms with Gasteiger partial charge < -0.3 is 19.7 Å². The number of nitrogens with zero attached hydrogens (tertiary/aromatic N) is 1. The molecule has 5 heteroatoms. The summed E-state index contributed by atoms with van der Waals surface area (Å²) in [7, 11) is 0. The molecule has 0 saturated carbocycles. The molecule has 1 spiro atoms. The summed E-state index contributed by atoms with van der Waals surface area (Å²) in [6.45, 7) is 10.9.